The monoisotopic (exact) mass is 356 g/mol. The van der Waals surface area contributed by atoms with Crippen molar-refractivity contribution in [2.24, 2.45) is 0 Å². The van der Waals surface area contributed by atoms with E-state index in [-0.39, 0.29) is 17.2 Å². The van der Waals surface area contributed by atoms with E-state index in [0.717, 1.165) is 0 Å². The third kappa shape index (κ3) is 3.39. The Morgan fingerprint density at radius 1 is 1.32 bits per heavy atom. The molecule has 0 saturated carbocycles. The van der Waals surface area contributed by atoms with Gasteiger partial charge in [0.05, 0.1) is 16.2 Å². The fourth-order valence-electron chi connectivity index (χ4n) is 2.77. The first-order valence-electron chi connectivity index (χ1n) is 7.51. The predicted octanol–water partition coefficient (Wildman–Crippen LogP) is 3.34. The lowest BCUT2D eigenvalue weighted by atomic mass is 10.1. The third-order valence-corrected chi connectivity index (χ3v) is 4.22. The number of nitro groups is 1. The minimum absolute atomic E-state index is 0.128. The van der Waals surface area contributed by atoms with E-state index < -0.39 is 11.0 Å². The first-order valence-corrected chi connectivity index (χ1v) is 7.89. The Labute approximate surface area is 148 Å². The van der Waals surface area contributed by atoms with Crippen LogP contribution in [0, 0.1) is 21.4 Å². The van der Waals surface area contributed by atoms with Gasteiger partial charge in [-0.05, 0) is 30.7 Å². The summed E-state index contributed by atoms with van der Waals surface area (Å²) in [5, 5.41) is 23.6. The third-order valence-electron chi connectivity index (χ3n) is 3.99. The van der Waals surface area contributed by atoms with Gasteiger partial charge in [0.2, 0.25) is 5.91 Å². The van der Waals surface area contributed by atoms with Crippen LogP contribution in [0.15, 0.2) is 42.5 Å². The molecule has 1 heterocycles. The number of carbonyl (C=O) groups is 1. The smallest absolute Gasteiger partial charge is 0.270 e. The summed E-state index contributed by atoms with van der Waals surface area (Å²) < 4.78 is 0. The summed E-state index contributed by atoms with van der Waals surface area (Å²) in [6.45, 7) is 0.520. The van der Waals surface area contributed by atoms with E-state index in [0.29, 0.717) is 29.4 Å². The summed E-state index contributed by atoms with van der Waals surface area (Å²) in [6, 6.07) is 12.4. The molecule has 0 aromatic heterocycles. The quantitative estimate of drug-likeness (QED) is 0.669. The van der Waals surface area contributed by atoms with Gasteiger partial charge in [0.1, 0.15) is 12.1 Å². The minimum Gasteiger partial charge on any atom is -0.373 e. The van der Waals surface area contributed by atoms with Crippen molar-refractivity contribution in [1.82, 2.24) is 0 Å². The molecular weight excluding hydrogens is 344 g/mol. The molecular formula is C17H13ClN4O3. The molecule has 25 heavy (non-hydrogen) atoms. The van der Waals surface area contributed by atoms with Crippen molar-refractivity contribution < 1.29 is 9.72 Å². The van der Waals surface area contributed by atoms with E-state index in [9.17, 15) is 20.2 Å². The van der Waals surface area contributed by atoms with E-state index in [1.165, 1.54) is 18.2 Å². The molecule has 0 aliphatic carbocycles. The molecule has 1 amide bonds. The highest BCUT2D eigenvalue weighted by Gasteiger charge is 2.33. The Balaban J connectivity index is 1.80. The van der Waals surface area contributed by atoms with Gasteiger partial charge in [-0.3, -0.25) is 14.9 Å². The number of anilines is 2. The van der Waals surface area contributed by atoms with Gasteiger partial charge in [-0.25, -0.2) is 0 Å². The van der Waals surface area contributed by atoms with Crippen molar-refractivity contribution in [2.45, 2.75) is 12.5 Å². The minimum atomic E-state index is -0.563. The van der Waals surface area contributed by atoms with Crippen molar-refractivity contribution in [2.75, 3.05) is 16.8 Å². The number of hydrogen-bond donors (Lipinski definition) is 1. The van der Waals surface area contributed by atoms with Crippen LogP contribution >= 0.6 is 11.6 Å². The lowest BCUT2D eigenvalue weighted by Crippen LogP contribution is -2.33. The molecule has 7 nitrogen and oxygen atoms in total. The number of rotatable bonds is 4. The highest BCUT2D eigenvalue weighted by atomic mass is 35.5. The molecule has 2 aromatic carbocycles. The molecule has 3 rings (SSSR count). The molecule has 0 spiro atoms. The Morgan fingerprint density at radius 3 is 2.80 bits per heavy atom. The number of benzene rings is 2. The Morgan fingerprint density at radius 2 is 2.12 bits per heavy atom. The maximum atomic E-state index is 12.6. The number of hydrogen-bond acceptors (Lipinski definition) is 5. The van der Waals surface area contributed by atoms with Crippen molar-refractivity contribution in [3.05, 3.63) is 63.2 Å². The van der Waals surface area contributed by atoms with Crippen LogP contribution in [0.4, 0.5) is 17.1 Å². The first-order chi connectivity index (χ1) is 12.0. The number of nitrogens with one attached hydrogen (secondary N) is 1. The number of amides is 1. The number of non-ortho nitro benzene ring substituents is 1. The van der Waals surface area contributed by atoms with Crippen molar-refractivity contribution >= 4 is 34.6 Å². The molecule has 1 N–H and O–H groups in total. The number of nitrogens with zero attached hydrogens (tertiary/aromatic N) is 3. The molecule has 0 radical (unpaired) electrons. The molecule has 126 valence electrons. The maximum absolute atomic E-state index is 12.6. The zero-order valence-electron chi connectivity index (χ0n) is 13.0. The van der Waals surface area contributed by atoms with Crippen LogP contribution in [0.25, 0.3) is 0 Å². The van der Waals surface area contributed by atoms with Crippen molar-refractivity contribution in [3.8, 4) is 6.07 Å². The largest absolute Gasteiger partial charge is 0.373 e. The molecule has 2 aromatic rings. The lowest BCUT2D eigenvalue weighted by Gasteiger charge is -2.18. The molecule has 1 saturated heterocycles. The average Bonchev–Trinajstić information content (AvgIpc) is 2.95. The summed E-state index contributed by atoms with van der Waals surface area (Å²) in [6.07, 6.45) is 0.549. The van der Waals surface area contributed by atoms with Gasteiger partial charge in [0.25, 0.3) is 5.69 Å². The fraction of sp³-hybridized carbons (Fsp3) is 0.176. The van der Waals surface area contributed by atoms with Crippen LogP contribution in [-0.2, 0) is 4.79 Å². The average molecular weight is 357 g/mol. The van der Waals surface area contributed by atoms with E-state index in [1.807, 2.05) is 6.07 Å². The summed E-state index contributed by atoms with van der Waals surface area (Å²) in [4.78, 5) is 24.5. The van der Waals surface area contributed by atoms with Crippen LogP contribution < -0.4 is 10.2 Å². The summed E-state index contributed by atoms with van der Waals surface area (Å²) in [5.74, 6) is -0.135. The zero-order valence-corrected chi connectivity index (χ0v) is 13.7. The van der Waals surface area contributed by atoms with Crippen LogP contribution in [0.3, 0.4) is 0 Å². The fourth-order valence-corrected chi connectivity index (χ4v) is 2.95. The molecule has 1 aliphatic heterocycles. The van der Waals surface area contributed by atoms with Gasteiger partial charge in [0.15, 0.2) is 0 Å². The van der Waals surface area contributed by atoms with E-state index in [4.69, 9.17) is 11.6 Å². The Kier molecular flexibility index (Phi) is 4.55. The van der Waals surface area contributed by atoms with Gasteiger partial charge in [-0.2, -0.15) is 5.26 Å². The molecule has 0 bridgehead atoms. The van der Waals surface area contributed by atoms with Crippen LogP contribution in [0.5, 0.6) is 0 Å². The zero-order chi connectivity index (χ0) is 18.0. The summed E-state index contributed by atoms with van der Waals surface area (Å²) in [7, 11) is 0. The van der Waals surface area contributed by atoms with Crippen LogP contribution in [-0.4, -0.2) is 23.4 Å². The van der Waals surface area contributed by atoms with E-state index in [1.54, 1.807) is 29.2 Å². The highest BCUT2D eigenvalue weighted by Crippen LogP contribution is 2.28. The van der Waals surface area contributed by atoms with Gasteiger partial charge in [-0.1, -0.05) is 17.7 Å². The summed E-state index contributed by atoms with van der Waals surface area (Å²) >= 11 is 5.97. The van der Waals surface area contributed by atoms with Gasteiger partial charge >= 0.3 is 0 Å². The van der Waals surface area contributed by atoms with Crippen LogP contribution in [0.2, 0.25) is 5.02 Å². The van der Waals surface area contributed by atoms with Crippen LogP contribution in [0.1, 0.15) is 12.0 Å². The molecule has 1 fully saturated rings. The topological polar surface area (TPSA) is 99.3 Å². The van der Waals surface area contributed by atoms with Crippen molar-refractivity contribution in [3.63, 3.8) is 0 Å². The second-order valence-corrected chi connectivity index (χ2v) is 5.99. The molecule has 8 heteroatoms. The van der Waals surface area contributed by atoms with E-state index >= 15 is 0 Å². The molecule has 1 aliphatic rings. The molecule has 1 unspecified atom stereocenters. The van der Waals surface area contributed by atoms with Gasteiger partial charge in [0, 0.05) is 29.4 Å². The normalized spacial score (nSPS) is 16.6. The number of nitro benzene ring substituents is 1. The van der Waals surface area contributed by atoms with Crippen molar-refractivity contribution in [1.29, 1.82) is 5.26 Å². The Bertz CT molecular complexity index is 894. The Hall–Kier alpha value is -3.11. The summed E-state index contributed by atoms with van der Waals surface area (Å²) in [5.41, 5.74) is 1.08. The number of halogens is 1. The molecule has 1 atom stereocenters. The second-order valence-electron chi connectivity index (χ2n) is 5.55. The first kappa shape index (κ1) is 16.7. The second kappa shape index (κ2) is 6.79. The SMILES string of the molecule is N#Cc1cc([N+](=O)[O-])ccc1NC1CCN(c2cccc(Cl)c2)C1=O. The highest BCUT2D eigenvalue weighted by molar-refractivity contribution is 6.31. The standard InChI is InChI=1S/C17H13ClN4O3/c18-12-2-1-3-13(9-12)21-7-6-16(17(21)23)20-15-5-4-14(22(24)25)8-11(15)10-19/h1-5,8-9,16,20H,6-7H2. The lowest BCUT2D eigenvalue weighted by molar-refractivity contribution is -0.384. The maximum Gasteiger partial charge on any atom is 0.270 e. The van der Waals surface area contributed by atoms with Gasteiger partial charge in [-0.15, -0.1) is 0 Å². The van der Waals surface area contributed by atoms with Gasteiger partial charge < -0.3 is 10.2 Å². The predicted molar refractivity (Wildman–Crippen MR) is 93.6 cm³/mol. The van der Waals surface area contributed by atoms with E-state index in [2.05, 4.69) is 5.32 Å². The number of nitriles is 1. The number of carbonyl (C=O) groups excluding carboxylic acids is 1.